The zero-order valence-corrected chi connectivity index (χ0v) is 20.1. The maximum atomic E-state index is 13.6. The number of benzene rings is 2. The van der Waals surface area contributed by atoms with Gasteiger partial charge in [0, 0.05) is 28.9 Å². The van der Waals surface area contributed by atoms with E-state index in [-0.39, 0.29) is 11.5 Å². The largest absolute Gasteiger partial charge is 0.496 e. The minimum absolute atomic E-state index is 0.234. The van der Waals surface area contributed by atoms with Crippen LogP contribution in [0.15, 0.2) is 77.0 Å². The second kappa shape index (κ2) is 9.15. The molecule has 8 heteroatoms. The highest BCUT2D eigenvalue weighted by Crippen LogP contribution is 2.33. The average Bonchev–Trinajstić information content (AvgIpc) is 3.38. The lowest BCUT2D eigenvalue weighted by atomic mass is 10.0. The summed E-state index contributed by atoms with van der Waals surface area (Å²) in [4.78, 5) is 27.0. The van der Waals surface area contributed by atoms with Gasteiger partial charge in [0.15, 0.2) is 11.5 Å². The minimum atomic E-state index is -0.336. The first-order chi connectivity index (χ1) is 17.0. The molecule has 7 nitrogen and oxygen atoms in total. The Hall–Kier alpha value is -4.30. The van der Waals surface area contributed by atoms with Crippen molar-refractivity contribution in [1.29, 1.82) is 0 Å². The second-order valence-corrected chi connectivity index (χ2v) is 8.65. The highest BCUT2D eigenvalue weighted by atomic mass is 32.1. The van der Waals surface area contributed by atoms with Crippen LogP contribution in [0.1, 0.15) is 10.4 Å². The summed E-state index contributed by atoms with van der Waals surface area (Å²) in [7, 11) is 4.66. The Kier molecular flexibility index (Phi) is 5.88. The number of amides is 1. The van der Waals surface area contributed by atoms with Crippen LogP contribution in [0.4, 0.5) is 5.69 Å². The number of carbonyl (C=O) groups excluding carboxylic acids is 1. The SMILES string of the molecule is COc1ccc(NC(=O)c2cn3c(=O)c(-c4ccccc4OC)ccc3c3sccc23)cc1OC. The number of nitrogens with one attached hydrogen (secondary N) is 1. The number of para-hydroxylation sites is 1. The predicted octanol–water partition coefficient (Wildman–Crippen LogP) is 5.46. The van der Waals surface area contributed by atoms with Gasteiger partial charge in [-0.3, -0.25) is 14.0 Å². The minimum Gasteiger partial charge on any atom is -0.496 e. The van der Waals surface area contributed by atoms with Crippen molar-refractivity contribution in [3.63, 3.8) is 0 Å². The Morgan fingerprint density at radius 3 is 2.40 bits per heavy atom. The van der Waals surface area contributed by atoms with E-state index >= 15 is 0 Å². The zero-order chi connectivity index (χ0) is 24.5. The molecule has 35 heavy (non-hydrogen) atoms. The van der Waals surface area contributed by atoms with Crippen LogP contribution in [0.25, 0.3) is 26.7 Å². The first-order valence-corrected chi connectivity index (χ1v) is 11.7. The molecule has 2 aromatic carbocycles. The molecule has 0 spiro atoms. The van der Waals surface area contributed by atoms with Crippen LogP contribution in [-0.4, -0.2) is 31.6 Å². The van der Waals surface area contributed by atoms with Gasteiger partial charge in [-0.15, -0.1) is 11.3 Å². The number of rotatable bonds is 6. The maximum absolute atomic E-state index is 13.6. The monoisotopic (exact) mass is 486 g/mol. The average molecular weight is 487 g/mol. The first kappa shape index (κ1) is 22.5. The molecular weight excluding hydrogens is 464 g/mol. The maximum Gasteiger partial charge on any atom is 0.263 e. The van der Waals surface area contributed by atoms with Crippen molar-refractivity contribution in [2.45, 2.75) is 0 Å². The molecule has 3 heterocycles. The second-order valence-electron chi connectivity index (χ2n) is 7.74. The van der Waals surface area contributed by atoms with Gasteiger partial charge >= 0.3 is 0 Å². The number of anilines is 1. The molecule has 5 aromatic rings. The van der Waals surface area contributed by atoms with E-state index in [1.165, 1.54) is 22.8 Å². The molecule has 1 N–H and O–H groups in total. The molecule has 1 amide bonds. The fraction of sp³-hybridized carbons (Fsp3) is 0.111. The topological polar surface area (TPSA) is 78.3 Å². The quantitative estimate of drug-likeness (QED) is 0.345. The number of hydrogen-bond donors (Lipinski definition) is 1. The third kappa shape index (κ3) is 3.87. The number of thiophene rings is 1. The van der Waals surface area contributed by atoms with E-state index in [9.17, 15) is 9.59 Å². The lowest BCUT2D eigenvalue weighted by molar-refractivity contribution is 0.102. The van der Waals surface area contributed by atoms with E-state index < -0.39 is 0 Å². The number of pyridine rings is 2. The molecule has 0 aliphatic rings. The first-order valence-electron chi connectivity index (χ1n) is 10.8. The third-order valence-corrected chi connectivity index (χ3v) is 6.78. The Morgan fingerprint density at radius 2 is 1.63 bits per heavy atom. The van der Waals surface area contributed by atoms with Crippen molar-refractivity contribution in [2.24, 2.45) is 0 Å². The van der Waals surface area contributed by atoms with Gasteiger partial charge in [-0.1, -0.05) is 18.2 Å². The number of carbonyl (C=O) groups is 1. The van der Waals surface area contributed by atoms with E-state index in [1.807, 2.05) is 41.8 Å². The fourth-order valence-corrected chi connectivity index (χ4v) is 5.08. The number of aromatic nitrogens is 1. The van der Waals surface area contributed by atoms with E-state index in [1.54, 1.807) is 44.7 Å². The summed E-state index contributed by atoms with van der Waals surface area (Å²) in [6.07, 6.45) is 1.60. The van der Waals surface area contributed by atoms with Crippen LogP contribution in [0.2, 0.25) is 0 Å². The molecule has 0 unspecified atom stereocenters. The molecule has 0 saturated heterocycles. The van der Waals surface area contributed by atoms with Crippen molar-refractivity contribution < 1.29 is 19.0 Å². The molecule has 0 radical (unpaired) electrons. The van der Waals surface area contributed by atoms with Crippen molar-refractivity contribution >= 4 is 38.5 Å². The molecular formula is C27H22N2O5S. The van der Waals surface area contributed by atoms with Crippen LogP contribution in [0.5, 0.6) is 17.2 Å². The molecule has 0 saturated carbocycles. The number of nitrogens with zero attached hydrogens (tertiary/aromatic N) is 1. The van der Waals surface area contributed by atoms with Gasteiger partial charge in [0.25, 0.3) is 11.5 Å². The zero-order valence-electron chi connectivity index (χ0n) is 19.3. The molecule has 0 aliphatic heterocycles. The summed E-state index contributed by atoms with van der Waals surface area (Å²) in [5.41, 5.74) is 2.62. The van der Waals surface area contributed by atoms with Crippen molar-refractivity contribution in [2.75, 3.05) is 26.6 Å². The molecule has 5 rings (SSSR count). The number of methoxy groups -OCH3 is 3. The van der Waals surface area contributed by atoms with E-state index in [0.717, 1.165) is 15.6 Å². The highest BCUT2D eigenvalue weighted by molar-refractivity contribution is 7.18. The third-order valence-electron chi connectivity index (χ3n) is 5.85. The van der Waals surface area contributed by atoms with Gasteiger partial charge in [-0.25, -0.2) is 0 Å². The highest BCUT2D eigenvalue weighted by Gasteiger charge is 2.18. The van der Waals surface area contributed by atoms with Crippen LogP contribution in [0.3, 0.4) is 0 Å². The molecule has 0 aliphatic carbocycles. The Bertz CT molecular complexity index is 1640. The summed E-state index contributed by atoms with van der Waals surface area (Å²) >= 11 is 1.48. The molecule has 176 valence electrons. The lowest BCUT2D eigenvalue weighted by Crippen LogP contribution is -2.19. The van der Waals surface area contributed by atoms with Gasteiger partial charge in [-0.05, 0) is 41.8 Å². The fourth-order valence-electron chi connectivity index (χ4n) is 4.15. The van der Waals surface area contributed by atoms with Crippen molar-refractivity contribution in [1.82, 2.24) is 4.40 Å². The summed E-state index contributed by atoms with van der Waals surface area (Å²) in [5.74, 6) is 1.33. The van der Waals surface area contributed by atoms with Gasteiger partial charge in [-0.2, -0.15) is 0 Å². The summed E-state index contributed by atoms with van der Waals surface area (Å²) in [6, 6.07) is 18.1. The van der Waals surface area contributed by atoms with Gasteiger partial charge < -0.3 is 19.5 Å². The van der Waals surface area contributed by atoms with Crippen LogP contribution in [-0.2, 0) is 0 Å². The smallest absolute Gasteiger partial charge is 0.263 e. The van der Waals surface area contributed by atoms with Gasteiger partial charge in [0.1, 0.15) is 5.75 Å². The predicted molar refractivity (Wildman–Crippen MR) is 139 cm³/mol. The molecule has 0 fully saturated rings. The van der Waals surface area contributed by atoms with Crippen molar-refractivity contribution in [3.8, 4) is 28.4 Å². The van der Waals surface area contributed by atoms with Crippen LogP contribution in [0, 0.1) is 0 Å². The number of fused-ring (bicyclic) bond motifs is 3. The van der Waals surface area contributed by atoms with E-state index in [0.29, 0.717) is 39.6 Å². The van der Waals surface area contributed by atoms with E-state index in [2.05, 4.69) is 5.32 Å². The molecule has 0 atom stereocenters. The Labute approximate surface area is 205 Å². The van der Waals surface area contributed by atoms with E-state index in [4.69, 9.17) is 14.2 Å². The summed E-state index contributed by atoms with van der Waals surface area (Å²) in [5, 5.41) is 5.60. The van der Waals surface area contributed by atoms with Crippen molar-refractivity contribution in [3.05, 3.63) is 88.2 Å². The van der Waals surface area contributed by atoms with Gasteiger partial charge in [0.05, 0.1) is 42.7 Å². The van der Waals surface area contributed by atoms with Gasteiger partial charge in [0.2, 0.25) is 0 Å². The number of ether oxygens (including phenoxy) is 3. The lowest BCUT2D eigenvalue weighted by Gasteiger charge is -2.13. The molecule has 3 aromatic heterocycles. The Balaban J connectivity index is 1.64. The number of hydrogen-bond acceptors (Lipinski definition) is 6. The van der Waals surface area contributed by atoms with Crippen LogP contribution >= 0.6 is 11.3 Å². The summed E-state index contributed by atoms with van der Waals surface area (Å²) < 4.78 is 18.5. The molecule has 0 bridgehead atoms. The standard InChI is InChI=1S/C27H22N2O5S/c1-32-22-7-5-4-6-17(22)19-9-10-21-25-18(12-13-35-25)20(15-29(21)27(19)31)26(30)28-16-8-11-23(33-2)24(14-16)34-3/h4-15H,1-3H3,(H,28,30). The Morgan fingerprint density at radius 1 is 0.857 bits per heavy atom. The van der Waals surface area contributed by atoms with Crippen LogP contribution < -0.4 is 25.1 Å². The normalized spacial score (nSPS) is 10.9. The summed E-state index contributed by atoms with van der Waals surface area (Å²) in [6.45, 7) is 0.